The number of rotatable bonds is 4. The third-order valence-corrected chi connectivity index (χ3v) is 2.66. The molecule has 2 heterocycles. The number of aromatic nitrogens is 2. The standard InChI is InChI=1S/C12H10Cl2N2O2/c13-10-2-1-9(6-16-10)12(17)18-7-8-3-4-15-11(14)5-8/h1-6,12,17H,7H2. The van der Waals surface area contributed by atoms with E-state index in [0.29, 0.717) is 15.9 Å². The lowest BCUT2D eigenvalue weighted by Crippen LogP contribution is -2.04. The molecule has 0 aromatic carbocycles. The molecule has 18 heavy (non-hydrogen) atoms. The van der Waals surface area contributed by atoms with Gasteiger partial charge >= 0.3 is 0 Å². The van der Waals surface area contributed by atoms with Gasteiger partial charge in [0, 0.05) is 18.0 Å². The van der Waals surface area contributed by atoms with Crippen LogP contribution in [0.5, 0.6) is 0 Å². The lowest BCUT2D eigenvalue weighted by molar-refractivity contribution is -0.112. The fraction of sp³-hybridized carbons (Fsp3) is 0.167. The van der Waals surface area contributed by atoms with Crippen molar-refractivity contribution in [3.05, 3.63) is 58.1 Å². The molecule has 0 saturated carbocycles. The van der Waals surface area contributed by atoms with Crippen molar-refractivity contribution >= 4 is 23.2 Å². The molecule has 2 aromatic heterocycles. The van der Waals surface area contributed by atoms with Crippen LogP contribution in [-0.2, 0) is 11.3 Å². The SMILES string of the molecule is OC(OCc1ccnc(Cl)c1)c1ccc(Cl)nc1. The molecule has 0 aliphatic heterocycles. The first-order valence-electron chi connectivity index (χ1n) is 5.17. The van der Waals surface area contributed by atoms with Crippen molar-refractivity contribution in [3.63, 3.8) is 0 Å². The van der Waals surface area contributed by atoms with Crippen molar-refractivity contribution in [1.29, 1.82) is 0 Å². The average molecular weight is 285 g/mol. The van der Waals surface area contributed by atoms with Gasteiger partial charge in [-0.2, -0.15) is 0 Å². The Morgan fingerprint density at radius 3 is 2.67 bits per heavy atom. The molecular formula is C12H10Cl2N2O2. The quantitative estimate of drug-likeness (QED) is 0.693. The highest BCUT2D eigenvalue weighted by atomic mass is 35.5. The van der Waals surface area contributed by atoms with Gasteiger partial charge in [0.05, 0.1) is 6.61 Å². The molecule has 0 aliphatic rings. The summed E-state index contributed by atoms with van der Waals surface area (Å²) in [5, 5.41) is 10.5. The van der Waals surface area contributed by atoms with E-state index in [1.165, 1.54) is 6.20 Å². The smallest absolute Gasteiger partial charge is 0.183 e. The summed E-state index contributed by atoms with van der Waals surface area (Å²) >= 11 is 11.4. The number of aliphatic hydroxyl groups excluding tert-OH is 1. The lowest BCUT2D eigenvalue weighted by atomic mass is 10.2. The van der Waals surface area contributed by atoms with Crippen LogP contribution >= 0.6 is 23.2 Å². The summed E-state index contributed by atoms with van der Waals surface area (Å²) in [6.07, 6.45) is 1.99. The average Bonchev–Trinajstić information content (AvgIpc) is 2.37. The maximum atomic E-state index is 9.79. The topological polar surface area (TPSA) is 55.2 Å². The Morgan fingerprint density at radius 2 is 2.00 bits per heavy atom. The van der Waals surface area contributed by atoms with E-state index in [4.69, 9.17) is 27.9 Å². The minimum absolute atomic E-state index is 0.228. The number of halogens is 2. The minimum atomic E-state index is -1.05. The normalized spacial score (nSPS) is 12.4. The van der Waals surface area contributed by atoms with Crippen molar-refractivity contribution in [1.82, 2.24) is 9.97 Å². The fourth-order valence-corrected chi connectivity index (χ4v) is 1.65. The van der Waals surface area contributed by atoms with E-state index < -0.39 is 6.29 Å². The molecule has 0 radical (unpaired) electrons. The molecule has 4 nitrogen and oxygen atoms in total. The maximum Gasteiger partial charge on any atom is 0.183 e. The summed E-state index contributed by atoms with van der Waals surface area (Å²) in [6.45, 7) is 0.228. The number of nitrogens with zero attached hydrogens (tertiary/aromatic N) is 2. The predicted octanol–water partition coefficient (Wildman–Crippen LogP) is 2.99. The highest BCUT2D eigenvalue weighted by Gasteiger charge is 2.08. The predicted molar refractivity (Wildman–Crippen MR) is 68.2 cm³/mol. The number of pyridine rings is 2. The molecule has 0 aliphatic carbocycles. The molecule has 0 amide bonds. The van der Waals surface area contributed by atoms with Gasteiger partial charge in [-0.1, -0.05) is 23.2 Å². The first-order chi connectivity index (χ1) is 8.65. The summed E-state index contributed by atoms with van der Waals surface area (Å²) in [4.78, 5) is 7.72. The number of ether oxygens (including phenoxy) is 1. The molecule has 0 bridgehead atoms. The Hall–Kier alpha value is -1.20. The third kappa shape index (κ3) is 3.65. The summed E-state index contributed by atoms with van der Waals surface area (Å²) in [6, 6.07) is 6.68. The molecule has 2 aromatic rings. The Morgan fingerprint density at radius 1 is 1.17 bits per heavy atom. The van der Waals surface area contributed by atoms with Crippen LogP contribution in [0.15, 0.2) is 36.7 Å². The molecule has 6 heteroatoms. The van der Waals surface area contributed by atoms with Crippen LogP contribution in [0.1, 0.15) is 17.4 Å². The molecule has 94 valence electrons. The molecule has 0 fully saturated rings. The summed E-state index contributed by atoms with van der Waals surface area (Å²) in [5.41, 5.74) is 1.37. The zero-order valence-electron chi connectivity index (χ0n) is 9.25. The second-order valence-electron chi connectivity index (χ2n) is 3.56. The van der Waals surface area contributed by atoms with Gasteiger partial charge in [0.1, 0.15) is 10.3 Å². The monoisotopic (exact) mass is 284 g/mol. The van der Waals surface area contributed by atoms with Crippen molar-refractivity contribution in [2.75, 3.05) is 0 Å². The third-order valence-electron chi connectivity index (χ3n) is 2.23. The maximum absolute atomic E-state index is 9.79. The van der Waals surface area contributed by atoms with Crippen LogP contribution in [-0.4, -0.2) is 15.1 Å². The largest absolute Gasteiger partial charge is 0.364 e. The Bertz CT molecular complexity index is 520. The highest BCUT2D eigenvalue weighted by molar-refractivity contribution is 6.29. The second kappa shape index (κ2) is 6.11. The summed E-state index contributed by atoms with van der Waals surface area (Å²) < 4.78 is 5.29. The number of hydrogen-bond acceptors (Lipinski definition) is 4. The van der Waals surface area contributed by atoms with Gasteiger partial charge in [0.2, 0.25) is 0 Å². The Kier molecular flexibility index (Phi) is 4.49. The first kappa shape index (κ1) is 13.2. The van der Waals surface area contributed by atoms with Gasteiger partial charge in [-0.25, -0.2) is 9.97 Å². The van der Waals surface area contributed by atoms with Crippen molar-refractivity contribution < 1.29 is 9.84 Å². The highest BCUT2D eigenvalue weighted by Crippen LogP contribution is 2.17. The molecular weight excluding hydrogens is 275 g/mol. The van der Waals surface area contributed by atoms with E-state index in [2.05, 4.69) is 9.97 Å². The second-order valence-corrected chi connectivity index (χ2v) is 4.34. The van der Waals surface area contributed by atoms with Crippen molar-refractivity contribution in [3.8, 4) is 0 Å². The van der Waals surface area contributed by atoms with Crippen LogP contribution in [0.25, 0.3) is 0 Å². The van der Waals surface area contributed by atoms with E-state index in [-0.39, 0.29) is 6.61 Å². The fourth-order valence-electron chi connectivity index (χ4n) is 1.34. The zero-order chi connectivity index (χ0) is 13.0. The van der Waals surface area contributed by atoms with E-state index >= 15 is 0 Å². The van der Waals surface area contributed by atoms with Crippen LogP contribution in [0.3, 0.4) is 0 Å². The van der Waals surface area contributed by atoms with Crippen molar-refractivity contribution in [2.24, 2.45) is 0 Å². The first-order valence-corrected chi connectivity index (χ1v) is 5.92. The zero-order valence-corrected chi connectivity index (χ0v) is 10.8. The van der Waals surface area contributed by atoms with E-state index in [1.807, 2.05) is 0 Å². The van der Waals surface area contributed by atoms with Crippen LogP contribution in [0.4, 0.5) is 0 Å². The molecule has 1 unspecified atom stereocenters. The molecule has 0 spiro atoms. The molecule has 1 atom stereocenters. The number of hydrogen-bond donors (Lipinski definition) is 1. The summed E-state index contributed by atoms with van der Waals surface area (Å²) in [7, 11) is 0. The van der Waals surface area contributed by atoms with E-state index in [1.54, 1.807) is 30.5 Å². The molecule has 0 saturated heterocycles. The van der Waals surface area contributed by atoms with Crippen LogP contribution in [0, 0.1) is 0 Å². The lowest BCUT2D eigenvalue weighted by Gasteiger charge is -2.12. The van der Waals surface area contributed by atoms with E-state index in [0.717, 1.165) is 5.56 Å². The van der Waals surface area contributed by atoms with Crippen LogP contribution in [0.2, 0.25) is 10.3 Å². The van der Waals surface area contributed by atoms with Crippen molar-refractivity contribution in [2.45, 2.75) is 12.9 Å². The van der Waals surface area contributed by atoms with Gasteiger partial charge in [0.15, 0.2) is 6.29 Å². The summed E-state index contributed by atoms with van der Waals surface area (Å²) in [5.74, 6) is 0. The molecule has 2 rings (SSSR count). The minimum Gasteiger partial charge on any atom is -0.364 e. The van der Waals surface area contributed by atoms with Gasteiger partial charge in [-0.3, -0.25) is 0 Å². The number of aliphatic hydroxyl groups is 1. The van der Waals surface area contributed by atoms with Gasteiger partial charge in [0.25, 0.3) is 0 Å². The van der Waals surface area contributed by atoms with Gasteiger partial charge in [-0.15, -0.1) is 0 Å². The van der Waals surface area contributed by atoms with Gasteiger partial charge in [-0.05, 0) is 29.8 Å². The van der Waals surface area contributed by atoms with E-state index in [9.17, 15) is 5.11 Å². The van der Waals surface area contributed by atoms with Crippen LogP contribution < -0.4 is 0 Å². The van der Waals surface area contributed by atoms with Gasteiger partial charge < -0.3 is 9.84 Å². The molecule has 1 N–H and O–H groups in total. The Labute approximate surface area is 114 Å². The Balaban J connectivity index is 1.96.